The maximum Gasteiger partial charge on any atom is 0.343 e. The molecular weight excluding hydrogens is 424 g/mol. The zero-order chi connectivity index (χ0) is 23.4. The lowest BCUT2D eigenvalue weighted by atomic mass is 9.98. The van der Waals surface area contributed by atoms with E-state index in [0.29, 0.717) is 65.6 Å². The molecule has 7 heteroatoms. The van der Waals surface area contributed by atoms with Crippen molar-refractivity contribution in [3.05, 3.63) is 51.9 Å². The van der Waals surface area contributed by atoms with Gasteiger partial charge < -0.3 is 23.4 Å². The van der Waals surface area contributed by atoms with Crippen molar-refractivity contribution in [1.29, 1.82) is 0 Å². The summed E-state index contributed by atoms with van der Waals surface area (Å²) in [7, 11) is 1.31. The van der Waals surface area contributed by atoms with Gasteiger partial charge >= 0.3 is 5.97 Å². The Morgan fingerprint density at radius 3 is 2.58 bits per heavy atom. The first-order valence-corrected chi connectivity index (χ1v) is 11.3. The minimum atomic E-state index is -0.477. The van der Waals surface area contributed by atoms with Crippen LogP contribution < -0.4 is 19.6 Å². The SMILES string of the molecule is CCCc1oc2cc(OCC(=O)OC)c(CC)cc2c(=O)c1-c1ccc2c(c1)OCCCO2. The van der Waals surface area contributed by atoms with E-state index < -0.39 is 5.97 Å². The van der Waals surface area contributed by atoms with Gasteiger partial charge in [0.1, 0.15) is 17.1 Å². The fraction of sp³-hybridized carbons (Fsp3) is 0.385. The fourth-order valence-electron chi connectivity index (χ4n) is 3.93. The molecule has 0 unspecified atom stereocenters. The van der Waals surface area contributed by atoms with Gasteiger partial charge in [0, 0.05) is 18.9 Å². The number of esters is 1. The minimum absolute atomic E-state index is 0.108. The first kappa shape index (κ1) is 22.7. The maximum absolute atomic E-state index is 13.7. The van der Waals surface area contributed by atoms with Crippen LogP contribution in [-0.4, -0.2) is 32.9 Å². The average Bonchev–Trinajstić information content (AvgIpc) is 3.07. The molecule has 0 saturated heterocycles. The van der Waals surface area contributed by atoms with Crippen LogP contribution in [0.1, 0.15) is 38.0 Å². The molecule has 7 nitrogen and oxygen atoms in total. The van der Waals surface area contributed by atoms with Crippen LogP contribution in [0.4, 0.5) is 0 Å². The number of fused-ring (bicyclic) bond motifs is 2. The van der Waals surface area contributed by atoms with E-state index in [2.05, 4.69) is 4.74 Å². The summed E-state index contributed by atoms with van der Waals surface area (Å²) in [6.45, 7) is 4.96. The van der Waals surface area contributed by atoms with Crippen LogP contribution in [0.3, 0.4) is 0 Å². The number of carbonyl (C=O) groups excluding carboxylic acids is 1. The Hall–Kier alpha value is -3.48. The van der Waals surface area contributed by atoms with Crippen molar-refractivity contribution in [2.45, 2.75) is 39.5 Å². The van der Waals surface area contributed by atoms with E-state index in [1.54, 1.807) is 12.1 Å². The largest absolute Gasteiger partial charge is 0.490 e. The molecule has 3 aromatic rings. The molecule has 0 aliphatic carbocycles. The lowest BCUT2D eigenvalue weighted by Crippen LogP contribution is -2.14. The zero-order valence-electron chi connectivity index (χ0n) is 19.2. The van der Waals surface area contributed by atoms with Gasteiger partial charge in [-0.15, -0.1) is 0 Å². The Morgan fingerprint density at radius 1 is 1.06 bits per heavy atom. The molecule has 4 rings (SSSR count). The molecule has 0 radical (unpaired) electrons. The van der Waals surface area contributed by atoms with Gasteiger partial charge in [-0.1, -0.05) is 19.9 Å². The third kappa shape index (κ3) is 4.67. The number of ether oxygens (including phenoxy) is 4. The summed E-state index contributed by atoms with van der Waals surface area (Å²) < 4.78 is 28.1. The van der Waals surface area contributed by atoms with Crippen molar-refractivity contribution in [1.82, 2.24) is 0 Å². The number of benzene rings is 2. The fourth-order valence-corrected chi connectivity index (χ4v) is 3.93. The van der Waals surface area contributed by atoms with E-state index in [1.807, 2.05) is 32.0 Å². The highest BCUT2D eigenvalue weighted by atomic mass is 16.6. The standard InChI is InChI=1S/C26H28O7/c1-4-7-20-25(17-8-9-19-23(13-17)31-11-6-10-30-19)26(28)18-12-16(5-2)21(14-22(18)33-20)32-15-24(27)29-3/h8-9,12-14H,4-7,10-11,15H2,1-3H3. The van der Waals surface area contributed by atoms with Crippen LogP contribution in [0.2, 0.25) is 0 Å². The molecule has 174 valence electrons. The number of hydrogen-bond acceptors (Lipinski definition) is 7. The molecule has 1 aliphatic heterocycles. The van der Waals surface area contributed by atoms with E-state index in [1.165, 1.54) is 7.11 Å². The number of carbonyl (C=O) groups is 1. The van der Waals surface area contributed by atoms with Gasteiger partial charge in [0.25, 0.3) is 0 Å². The summed E-state index contributed by atoms with van der Waals surface area (Å²) in [5.74, 6) is 1.94. The topological polar surface area (TPSA) is 84.2 Å². The highest BCUT2D eigenvalue weighted by Gasteiger charge is 2.20. The van der Waals surface area contributed by atoms with Gasteiger partial charge in [0.2, 0.25) is 5.43 Å². The van der Waals surface area contributed by atoms with Crippen molar-refractivity contribution < 1.29 is 28.2 Å². The summed E-state index contributed by atoms with van der Waals surface area (Å²) in [6.07, 6.45) is 2.85. The third-order valence-corrected chi connectivity index (χ3v) is 5.61. The molecule has 0 spiro atoms. The van der Waals surface area contributed by atoms with Crippen molar-refractivity contribution in [3.8, 4) is 28.4 Å². The Morgan fingerprint density at radius 2 is 1.85 bits per heavy atom. The summed E-state index contributed by atoms with van der Waals surface area (Å²) >= 11 is 0. The Kier molecular flexibility index (Phi) is 6.87. The van der Waals surface area contributed by atoms with Gasteiger partial charge in [0.05, 0.1) is 31.3 Å². The highest BCUT2D eigenvalue weighted by Crippen LogP contribution is 2.36. The Balaban J connectivity index is 1.85. The monoisotopic (exact) mass is 452 g/mol. The molecule has 0 N–H and O–H groups in total. The number of rotatable bonds is 7. The van der Waals surface area contributed by atoms with E-state index in [0.717, 1.165) is 24.0 Å². The lowest BCUT2D eigenvalue weighted by molar-refractivity contribution is -0.142. The summed E-state index contributed by atoms with van der Waals surface area (Å²) in [6, 6.07) is 9.05. The van der Waals surface area contributed by atoms with Crippen LogP contribution in [-0.2, 0) is 22.4 Å². The molecule has 0 bridgehead atoms. The number of methoxy groups -OCH3 is 1. The quantitative estimate of drug-likeness (QED) is 0.481. The smallest absolute Gasteiger partial charge is 0.343 e. The molecule has 0 saturated carbocycles. The van der Waals surface area contributed by atoms with E-state index in [4.69, 9.17) is 18.6 Å². The van der Waals surface area contributed by atoms with Gasteiger partial charge in [-0.05, 0) is 42.2 Å². The van der Waals surface area contributed by atoms with Crippen molar-refractivity contribution >= 4 is 16.9 Å². The molecule has 0 amide bonds. The van der Waals surface area contributed by atoms with Gasteiger partial charge in [-0.3, -0.25) is 4.79 Å². The molecule has 2 aromatic carbocycles. The summed E-state index contributed by atoms with van der Waals surface area (Å²) in [4.78, 5) is 25.2. The second-order valence-electron chi connectivity index (χ2n) is 7.87. The Labute approximate surface area is 192 Å². The lowest BCUT2D eigenvalue weighted by Gasteiger charge is -2.15. The predicted octanol–water partition coefficient (Wildman–Crippen LogP) is 4.69. The summed E-state index contributed by atoms with van der Waals surface area (Å²) in [5, 5.41) is 0.472. The molecule has 0 atom stereocenters. The van der Waals surface area contributed by atoms with Crippen LogP contribution in [0.5, 0.6) is 17.2 Å². The third-order valence-electron chi connectivity index (χ3n) is 5.61. The molecule has 0 fully saturated rings. The van der Waals surface area contributed by atoms with Crippen molar-refractivity contribution in [3.63, 3.8) is 0 Å². The molecule has 1 aliphatic rings. The second kappa shape index (κ2) is 9.98. The first-order valence-electron chi connectivity index (χ1n) is 11.3. The minimum Gasteiger partial charge on any atom is -0.490 e. The zero-order valence-corrected chi connectivity index (χ0v) is 19.2. The van der Waals surface area contributed by atoms with Crippen LogP contribution in [0, 0.1) is 0 Å². The maximum atomic E-state index is 13.7. The van der Waals surface area contributed by atoms with Gasteiger partial charge in [-0.25, -0.2) is 4.79 Å². The van der Waals surface area contributed by atoms with Gasteiger partial charge in [-0.2, -0.15) is 0 Å². The second-order valence-corrected chi connectivity index (χ2v) is 7.87. The number of hydrogen-bond donors (Lipinski definition) is 0. The van der Waals surface area contributed by atoms with E-state index in [9.17, 15) is 9.59 Å². The number of aryl methyl sites for hydroxylation is 2. The highest BCUT2D eigenvalue weighted by molar-refractivity contribution is 5.85. The molecule has 33 heavy (non-hydrogen) atoms. The Bertz CT molecular complexity index is 1230. The van der Waals surface area contributed by atoms with Crippen molar-refractivity contribution in [2.75, 3.05) is 26.9 Å². The van der Waals surface area contributed by atoms with Gasteiger partial charge in [0.15, 0.2) is 18.1 Å². The van der Waals surface area contributed by atoms with Crippen LogP contribution in [0.15, 0.2) is 39.5 Å². The predicted molar refractivity (Wildman–Crippen MR) is 124 cm³/mol. The average molecular weight is 453 g/mol. The molecule has 1 aromatic heterocycles. The van der Waals surface area contributed by atoms with Crippen molar-refractivity contribution in [2.24, 2.45) is 0 Å². The van der Waals surface area contributed by atoms with E-state index in [-0.39, 0.29) is 12.0 Å². The van der Waals surface area contributed by atoms with E-state index >= 15 is 0 Å². The first-order chi connectivity index (χ1) is 16.0. The molecular formula is C26H28O7. The van der Waals surface area contributed by atoms with Crippen LogP contribution in [0.25, 0.3) is 22.1 Å². The molecule has 2 heterocycles. The normalized spacial score (nSPS) is 12.9. The van der Waals surface area contributed by atoms with Crippen LogP contribution >= 0.6 is 0 Å². The summed E-state index contributed by atoms with van der Waals surface area (Å²) in [5.41, 5.74) is 2.40.